The molecule has 0 bridgehead atoms. The van der Waals surface area contributed by atoms with Gasteiger partial charge in [-0.15, -0.1) is 5.10 Å². The van der Waals surface area contributed by atoms with Crippen molar-refractivity contribution in [1.82, 2.24) is 29.9 Å². The number of carbonyl (C=O) groups is 3. The van der Waals surface area contributed by atoms with Crippen LogP contribution in [-0.2, 0) is 25.2 Å². The number of hydrogen-bond donors (Lipinski definition) is 4. The van der Waals surface area contributed by atoms with Crippen molar-refractivity contribution in [1.29, 1.82) is 0 Å². The topological polar surface area (TPSA) is 190 Å². The van der Waals surface area contributed by atoms with E-state index < -0.39 is 51.5 Å². The van der Waals surface area contributed by atoms with Gasteiger partial charge >= 0.3 is 0 Å². The molecule has 2 heterocycles. The van der Waals surface area contributed by atoms with E-state index >= 15 is 0 Å². The summed E-state index contributed by atoms with van der Waals surface area (Å²) in [6.45, 7) is 3.32. The van der Waals surface area contributed by atoms with E-state index in [1.165, 1.54) is 40.0 Å². The Morgan fingerprint density at radius 2 is 1.77 bits per heavy atom. The van der Waals surface area contributed by atoms with Crippen molar-refractivity contribution >= 4 is 27.7 Å². The fraction of sp³-hybridized carbons (Fsp3) is 0.621. The molecule has 0 spiro atoms. The lowest BCUT2D eigenvalue weighted by Gasteiger charge is -2.31. The molecule has 1 aliphatic heterocycles. The average molecular weight is 616 g/mol. The van der Waals surface area contributed by atoms with Gasteiger partial charge in [-0.2, -0.15) is 0 Å². The van der Waals surface area contributed by atoms with E-state index in [4.69, 9.17) is 5.73 Å². The Labute approximate surface area is 251 Å². The second kappa shape index (κ2) is 12.3. The molecule has 3 aliphatic rings. The summed E-state index contributed by atoms with van der Waals surface area (Å²) >= 11 is 0. The van der Waals surface area contributed by atoms with Gasteiger partial charge in [0.15, 0.2) is 0 Å². The molecule has 43 heavy (non-hydrogen) atoms. The Morgan fingerprint density at radius 3 is 2.37 bits per heavy atom. The Kier molecular flexibility index (Phi) is 8.91. The maximum atomic E-state index is 14.1. The molecule has 3 amide bonds. The third kappa shape index (κ3) is 7.24. The number of nitrogens with zero attached hydrogens (tertiary/aromatic N) is 4. The fourth-order valence-corrected chi connectivity index (χ4v) is 7.45. The van der Waals surface area contributed by atoms with Crippen molar-refractivity contribution in [2.75, 3.05) is 6.54 Å². The molecule has 234 valence electrons. The van der Waals surface area contributed by atoms with Crippen LogP contribution in [0.3, 0.4) is 0 Å². The second-order valence-corrected chi connectivity index (χ2v) is 14.3. The highest BCUT2D eigenvalue weighted by Gasteiger charge is 2.44. The highest BCUT2D eigenvalue weighted by atomic mass is 32.2. The predicted molar refractivity (Wildman–Crippen MR) is 156 cm³/mol. The van der Waals surface area contributed by atoms with Crippen LogP contribution in [0.25, 0.3) is 0 Å². The fourth-order valence-electron chi connectivity index (χ4n) is 6.15. The first-order chi connectivity index (χ1) is 20.3. The lowest BCUT2D eigenvalue weighted by atomic mass is 9.84. The number of benzene rings is 1. The lowest BCUT2D eigenvalue weighted by molar-refractivity contribution is -0.139. The van der Waals surface area contributed by atoms with E-state index in [1.54, 1.807) is 13.8 Å². The summed E-state index contributed by atoms with van der Waals surface area (Å²) < 4.78 is 29.2. The first-order valence-corrected chi connectivity index (χ1v) is 16.5. The van der Waals surface area contributed by atoms with Gasteiger partial charge in [0.25, 0.3) is 5.91 Å². The molecule has 2 unspecified atom stereocenters. The van der Waals surface area contributed by atoms with Gasteiger partial charge in [0.05, 0.1) is 22.8 Å². The van der Waals surface area contributed by atoms with Crippen molar-refractivity contribution in [3.05, 3.63) is 41.7 Å². The quantitative estimate of drug-likeness (QED) is 0.291. The molecule has 3 atom stereocenters. The molecule has 1 aromatic carbocycles. The summed E-state index contributed by atoms with van der Waals surface area (Å²) in [6.07, 6.45) is 8.79. The molecular weight excluding hydrogens is 574 g/mol. The first-order valence-electron chi connectivity index (χ1n) is 15.0. The number of nitrogens with two attached hydrogens (primary N) is 1. The Morgan fingerprint density at radius 1 is 1.09 bits per heavy atom. The number of hydrogen-bond acceptors (Lipinski definition) is 8. The van der Waals surface area contributed by atoms with E-state index in [1.807, 2.05) is 0 Å². The van der Waals surface area contributed by atoms with E-state index in [0.29, 0.717) is 12.1 Å². The molecule has 5 N–H and O–H groups in total. The highest BCUT2D eigenvalue weighted by molar-refractivity contribution is 7.89. The van der Waals surface area contributed by atoms with E-state index in [2.05, 4.69) is 20.4 Å². The molecule has 2 saturated carbocycles. The molecule has 0 radical (unpaired) electrons. The standard InChI is InChI=1S/C29H41N7O6S/c1-29(2,40)25-16-31-34-36(25)21-15-24(26(30)37)35(17-21)28(39)23(14-18-6-4-3-5-7-18)32-27(38)19-8-12-22(13-9-19)43(41,42)33-20-10-11-20/h8-9,12-13,16,18,20-21,23-24,33,40H,3-7,10-11,14-15,17H2,1-2H3,(H2,30,37)(H,32,38)/t21?,23-,24?/m1/s1. The number of primary amides is 1. The van der Waals surface area contributed by atoms with E-state index in [9.17, 15) is 27.9 Å². The predicted octanol–water partition coefficient (Wildman–Crippen LogP) is 1.34. The Bertz CT molecular complexity index is 1440. The molecule has 2 aliphatic carbocycles. The zero-order valence-corrected chi connectivity index (χ0v) is 25.4. The maximum Gasteiger partial charge on any atom is 0.251 e. The summed E-state index contributed by atoms with van der Waals surface area (Å²) in [7, 11) is -3.67. The van der Waals surface area contributed by atoms with Crippen molar-refractivity contribution in [2.24, 2.45) is 11.7 Å². The zero-order chi connectivity index (χ0) is 30.9. The van der Waals surface area contributed by atoms with Crippen molar-refractivity contribution in [2.45, 2.75) is 106 Å². The number of nitrogens with one attached hydrogen (secondary N) is 2. The summed E-state index contributed by atoms with van der Waals surface area (Å²) in [5.74, 6) is -1.37. The van der Waals surface area contributed by atoms with Gasteiger partial charge in [0.1, 0.15) is 17.7 Å². The second-order valence-electron chi connectivity index (χ2n) is 12.6. The monoisotopic (exact) mass is 615 g/mol. The third-order valence-corrected chi connectivity index (χ3v) is 10.2. The summed E-state index contributed by atoms with van der Waals surface area (Å²) in [5.41, 5.74) is 5.17. The average Bonchev–Trinajstić information content (AvgIpc) is 3.43. The molecular formula is C29H41N7O6S. The summed E-state index contributed by atoms with van der Waals surface area (Å²) in [6, 6.07) is 3.29. The van der Waals surface area contributed by atoms with Crippen LogP contribution in [0.4, 0.5) is 0 Å². The molecule has 1 saturated heterocycles. The largest absolute Gasteiger partial charge is 0.384 e. The molecule has 5 rings (SSSR count). The van der Waals surface area contributed by atoms with Crippen LogP contribution in [0.5, 0.6) is 0 Å². The van der Waals surface area contributed by atoms with Crippen LogP contribution >= 0.6 is 0 Å². The van der Waals surface area contributed by atoms with Gasteiger partial charge in [0, 0.05) is 24.6 Å². The van der Waals surface area contributed by atoms with Crippen molar-refractivity contribution < 1.29 is 27.9 Å². The molecule has 3 fully saturated rings. The maximum absolute atomic E-state index is 14.1. The number of likely N-dealkylation sites (tertiary alicyclic amines) is 1. The van der Waals surface area contributed by atoms with Crippen LogP contribution in [0.15, 0.2) is 35.4 Å². The van der Waals surface area contributed by atoms with Gasteiger partial charge in [0.2, 0.25) is 21.8 Å². The van der Waals surface area contributed by atoms with Crippen LogP contribution in [0.2, 0.25) is 0 Å². The van der Waals surface area contributed by atoms with Crippen LogP contribution < -0.4 is 15.8 Å². The summed E-state index contributed by atoms with van der Waals surface area (Å²) in [4.78, 5) is 41.5. The normalized spacial score (nSPS) is 22.3. The number of aliphatic hydroxyl groups is 1. The van der Waals surface area contributed by atoms with Crippen molar-refractivity contribution in [3.8, 4) is 0 Å². The first kappa shape index (κ1) is 31.1. The SMILES string of the molecule is CC(C)(O)c1cnnn1C1CC(C(N)=O)N(C(=O)[C@@H](CC2CCCCC2)NC(=O)c2ccc(S(=O)(=O)NC3CC3)cc2)C1. The van der Waals surface area contributed by atoms with E-state index in [0.717, 1.165) is 44.9 Å². The highest BCUT2D eigenvalue weighted by Crippen LogP contribution is 2.33. The Hall–Kier alpha value is -3.36. The van der Waals surface area contributed by atoms with E-state index in [-0.39, 0.29) is 35.4 Å². The summed E-state index contributed by atoms with van der Waals surface area (Å²) in [5, 5.41) is 21.5. The number of aromatic nitrogens is 3. The zero-order valence-electron chi connectivity index (χ0n) is 24.6. The molecule has 2 aromatic rings. The third-order valence-electron chi connectivity index (χ3n) is 8.66. The number of rotatable bonds is 11. The minimum Gasteiger partial charge on any atom is -0.384 e. The number of amides is 3. The van der Waals surface area contributed by atoms with Gasteiger partial charge in [-0.05, 0) is 63.3 Å². The number of sulfonamides is 1. The van der Waals surface area contributed by atoms with Gasteiger partial charge < -0.3 is 21.1 Å². The Balaban J connectivity index is 1.36. The van der Waals surface area contributed by atoms with Crippen LogP contribution in [0, 0.1) is 5.92 Å². The molecule has 13 nitrogen and oxygen atoms in total. The van der Waals surface area contributed by atoms with Gasteiger partial charge in [-0.3, -0.25) is 14.4 Å². The van der Waals surface area contributed by atoms with Crippen molar-refractivity contribution in [3.63, 3.8) is 0 Å². The molecule has 14 heteroatoms. The van der Waals surface area contributed by atoms with Crippen LogP contribution in [-0.4, -0.2) is 75.8 Å². The van der Waals surface area contributed by atoms with Crippen LogP contribution in [0.1, 0.15) is 93.7 Å². The smallest absolute Gasteiger partial charge is 0.251 e. The minimum absolute atomic E-state index is 0.0415. The van der Waals surface area contributed by atoms with Gasteiger partial charge in [-0.1, -0.05) is 37.3 Å². The minimum atomic E-state index is -3.67. The molecule has 1 aromatic heterocycles. The number of carbonyl (C=O) groups excluding carboxylic acids is 3. The van der Waals surface area contributed by atoms with Gasteiger partial charge in [-0.25, -0.2) is 17.8 Å². The lowest BCUT2D eigenvalue weighted by Crippen LogP contribution is -2.53.